The number of nitrogens with zero attached hydrogens (tertiary/aromatic N) is 1. The molecule has 116 valence electrons. The van der Waals surface area contributed by atoms with Crippen LogP contribution in [0.4, 0.5) is 0 Å². The van der Waals surface area contributed by atoms with Gasteiger partial charge in [0.2, 0.25) is 0 Å². The van der Waals surface area contributed by atoms with Crippen molar-refractivity contribution in [2.45, 2.75) is 0 Å². The maximum Gasteiger partial charge on any atom is 0.332 e. The summed E-state index contributed by atoms with van der Waals surface area (Å²) >= 11 is 18.3. The number of benzene rings is 2. The van der Waals surface area contributed by atoms with Gasteiger partial charge in [0.1, 0.15) is 0 Å². The first-order valence-electron chi connectivity index (χ1n) is 6.53. The van der Waals surface area contributed by atoms with Crippen molar-refractivity contribution in [2.24, 2.45) is 0 Å². The predicted molar refractivity (Wildman–Crippen MR) is 93.1 cm³/mol. The lowest BCUT2D eigenvalue weighted by molar-refractivity contribution is 0.896. The summed E-state index contributed by atoms with van der Waals surface area (Å²) in [6, 6.07) is 11.5. The van der Waals surface area contributed by atoms with Crippen molar-refractivity contribution in [1.29, 1.82) is 0 Å². The van der Waals surface area contributed by atoms with Gasteiger partial charge in [-0.2, -0.15) is 0 Å². The zero-order chi connectivity index (χ0) is 16.6. The monoisotopic (exact) mass is 366 g/mol. The highest BCUT2D eigenvalue weighted by atomic mass is 35.5. The molecule has 0 unspecified atom stereocenters. The minimum absolute atomic E-state index is 0.441. The van der Waals surface area contributed by atoms with Crippen LogP contribution >= 0.6 is 34.8 Å². The van der Waals surface area contributed by atoms with Crippen LogP contribution in [-0.4, -0.2) is 9.55 Å². The Hall–Kier alpha value is -2.01. The smallest absolute Gasteiger partial charge is 0.274 e. The Kier molecular flexibility index (Phi) is 4.31. The molecule has 0 saturated heterocycles. The Morgan fingerprint density at radius 2 is 1.48 bits per heavy atom. The summed E-state index contributed by atoms with van der Waals surface area (Å²) in [4.78, 5) is 25.1. The molecule has 1 N–H and O–H groups in total. The highest BCUT2D eigenvalue weighted by molar-refractivity contribution is 6.41. The van der Waals surface area contributed by atoms with E-state index >= 15 is 0 Å². The van der Waals surface area contributed by atoms with Crippen molar-refractivity contribution in [2.75, 3.05) is 0 Å². The number of halogens is 3. The third kappa shape index (κ3) is 3.20. The first-order valence-corrected chi connectivity index (χ1v) is 7.66. The van der Waals surface area contributed by atoms with E-state index in [1.54, 1.807) is 36.4 Å². The standard InChI is InChI=1S/C16H9Cl3N2O2/c17-10-7-12(18)15(13(19)8-10)9-1-3-11(4-2-9)21-6-5-14(22)20-16(21)23/h1-8H,(H,20,22,23). The van der Waals surface area contributed by atoms with Crippen LogP contribution in [0.5, 0.6) is 0 Å². The Balaban J connectivity index is 2.07. The summed E-state index contributed by atoms with van der Waals surface area (Å²) in [5.41, 5.74) is 1.11. The van der Waals surface area contributed by atoms with E-state index in [9.17, 15) is 9.59 Å². The molecule has 0 aliphatic rings. The second-order valence-corrected chi connectivity index (χ2v) is 6.02. The fourth-order valence-corrected chi connectivity index (χ4v) is 3.26. The molecule has 0 spiro atoms. The Labute approximate surface area is 145 Å². The number of nitrogens with one attached hydrogen (secondary N) is 1. The van der Waals surface area contributed by atoms with Crippen LogP contribution < -0.4 is 11.2 Å². The quantitative estimate of drug-likeness (QED) is 0.739. The summed E-state index contributed by atoms with van der Waals surface area (Å²) in [6.07, 6.45) is 1.42. The third-order valence-electron chi connectivity index (χ3n) is 3.26. The molecule has 0 radical (unpaired) electrons. The molecule has 0 aliphatic carbocycles. The van der Waals surface area contributed by atoms with Crippen LogP contribution in [0.3, 0.4) is 0 Å². The van der Waals surface area contributed by atoms with Gasteiger partial charge in [0, 0.05) is 22.8 Å². The van der Waals surface area contributed by atoms with Gasteiger partial charge in [-0.05, 0) is 29.8 Å². The maximum absolute atomic E-state index is 11.8. The molecule has 0 fully saturated rings. The van der Waals surface area contributed by atoms with Crippen LogP contribution in [0, 0.1) is 0 Å². The molecule has 3 aromatic rings. The minimum atomic E-state index is -0.507. The van der Waals surface area contributed by atoms with Crippen LogP contribution in [0.15, 0.2) is 58.3 Å². The van der Waals surface area contributed by atoms with Gasteiger partial charge in [-0.25, -0.2) is 4.79 Å². The Bertz CT molecular complexity index is 968. The molecule has 2 aromatic carbocycles. The van der Waals surface area contributed by atoms with Crippen LogP contribution in [0.1, 0.15) is 0 Å². The van der Waals surface area contributed by atoms with E-state index in [-0.39, 0.29) is 0 Å². The van der Waals surface area contributed by atoms with E-state index in [0.29, 0.717) is 26.3 Å². The average Bonchev–Trinajstić information content (AvgIpc) is 2.47. The minimum Gasteiger partial charge on any atom is -0.274 e. The molecular formula is C16H9Cl3N2O2. The highest BCUT2D eigenvalue weighted by Crippen LogP contribution is 2.37. The molecule has 0 atom stereocenters. The van der Waals surface area contributed by atoms with E-state index in [4.69, 9.17) is 34.8 Å². The topological polar surface area (TPSA) is 54.9 Å². The van der Waals surface area contributed by atoms with Crippen molar-refractivity contribution in [3.05, 3.63) is 84.6 Å². The Morgan fingerprint density at radius 3 is 2.04 bits per heavy atom. The van der Waals surface area contributed by atoms with Crippen LogP contribution in [-0.2, 0) is 0 Å². The van der Waals surface area contributed by atoms with Crippen molar-refractivity contribution in [3.63, 3.8) is 0 Å². The van der Waals surface area contributed by atoms with Crippen molar-refractivity contribution >= 4 is 34.8 Å². The number of rotatable bonds is 2. The molecule has 3 rings (SSSR count). The predicted octanol–water partition coefficient (Wildman–Crippen LogP) is 4.15. The molecular weight excluding hydrogens is 359 g/mol. The number of aromatic nitrogens is 2. The zero-order valence-electron chi connectivity index (χ0n) is 11.5. The van der Waals surface area contributed by atoms with Gasteiger partial charge in [0.15, 0.2) is 0 Å². The normalized spacial score (nSPS) is 10.7. The van der Waals surface area contributed by atoms with Crippen molar-refractivity contribution < 1.29 is 0 Å². The van der Waals surface area contributed by atoms with E-state index in [2.05, 4.69) is 4.98 Å². The van der Waals surface area contributed by atoms with Crippen molar-refractivity contribution in [3.8, 4) is 16.8 Å². The fraction of sp³-hybridized carbons (Fsp3) is 0. The second-order valence-electron chi connectivity index (χ2n) is 4.77. The lowest BCUT2D eigenvalue weighted by Gasteiger charge is -2.10. The molecule has 0 bridgehead atoms. The number of hydrogen-bond donors (Lipinski definition) is 1. The summed E-state index contributed by atoms with van der Waals surface area (Å²) in [7, 11) is 0. The van der Waals surface area contributed by atoms with Gasteiger partial charge in [-0.1, -0.05) is 46.9 Å². The average molecular weight is 368 g/mol. The van der Waals surface area contributed by atoms with Gasteiger partial charge < -0.3 is 0 Å². The number of hydrogen-bond acceptors (Lipinski definition) is 2. The Morgan fingerprint density at radius 1 is 0.870 bits per heavy atom. The van der Waals surface area contributed by atoms with E-state index < -0.39 is 11.2 Å². The van der Waals surface area contributed by atoms with Crippen molar-refractivity contribution in [1.82, 2.24) is 9.55 Å². The van der Waals surface area contributed by atoms with Gasteiger partial charge in [0.05, 0.1) is 15.7 Å². The zero-order valence-corrected chi connectivity index (χ0v) is 13.8. The summed E-state index contributed by atoms with van der Waals surface area (Å²) in [5.74, 6) is 0. The molecule has 23 heavy (non-hydrogen) atoms. The van der Waals surface area contributed by atoms with Gasteiger partial charge in [-0.3, -0.25) is 14.3 Å². The number of H-pyrrole nitrogens is 1. The summed E-state index contributed by atoms with van der Waals surface area (Å²) in [6.45, 7) is 0. The third-order valence-corrected chi connectivity index (χ3v) is 4.08. The van der Waals surface area contributed by atoms with E-state index in [1.807, 2.05) is 0 Å². The second kappa shape index (κ2) is 6.24. The number of aromatic amines is 1. The van der Waals surface area contributed by atoms with Gasteiger partial charge in [-0.15, -0.1) is 0 Å². The lowest BCUT2D eigenvalue weighted by Crippen LogP contribution is -2.27. The first kappa shape index (κ1) is 15.9. The van der Waals surface area contributed by atoms with Crippen LogP contribution in [0.25, 0.3) is 16.8 Å². The van der Waals surface area contributed by atoms with Gasteiger partial charge >= 0.3 is 5.69 Å². The lowest BCUT2D eigenvalue weighted by atomic mass is 10.1. The molecule has 7 heteroatoms. The first-order chi connectivity index (χ1) is 11.0. The summed E-state index contributed by atoms with van der Waals surface area (Å²) < 4.78 is 1.33. The van der Waals surface area contributed by atoms with E-state index in [1.165, 1.54) is 16.8 Å². The molecule has 0 aliphatic heterocycles. The summed E-state index contributed by atoms with van der Waals surface area (Å²) in [5, 5.41) is 1.34. The fourth-order valence-electron chi connectivity index (χ4n) is 2.23. The SMILES string of the molecule is O=c1ccn(-c2ccc(-c3c(Cl)cc(Cl)cc3Cl)cc2)c(=O)[nH]1. The molecule has 0 amide bonds. The van der Waals surface area contributed by atoms with Gasteiger partial charge in [0.25, 0.3) is 5.56 Å². The molecule has 0 saturated carbocycles. The van der Waals surface area contributed by atoms with E-state index in [0.717, 1.165) is 5.56 Å². The molecule has 1 heterocycles. The maximum atomic E-state index is 11.8. The highest BCUT2D eigenvalue weighted by Gasteiger charge is 2.10. The molecule has 1 aromatic heterocycles. The largest absolute Gasteiger partial charge is 0.332 e. The molecule has 4 nitrogen and oxygen atoms in total. The van der Waals surface area contributed by atoms with Crippen LogP contribution in [0.2, 0.25) is 15.1 Å².